The maximum atomic E-state index is 3.76. The summed E-state index contributed by atoms with van der Waals surface area (Å²) >= 11 is 0. The summed E-state index contributed by atoms with van der Waals surface area (Å²) in [6.45, 7) is 9.19. The van der Waals surface area contributed by atoms with Gasteiger partial charge in [-0.05, 0) is 19.5 Å². The Hall–Kier alpha value is -0.300. The van der Waals surface area contributed by atoms with Crippen molar-refractivity contribution in [2.45, 2.75) is 13.8 Å². The summed E-state index contributed by atoms with van der Waals surface area (Å²) in [6.07, 6.45) is 1.99. The molecule has 0 aliphatic rings. The molecule has 0 saturated heterocycles. The van der Waals surface area contributed by atoms with Crippen molar-refractivity contribution in [3.05, 3.63) is 12.7 Å². The van der Waals surface area contributed by atoms with E-state index in [2.05, 4.69) is 39.4 Å². The second-order valence-electron chi connectivity index (χ2n) is 3.43. The van der Waals surface area contributed by atoms with Crippen molar-refractivity contribution in [3.63, 3.8) is 0 Å². The van der Waals surface area contributed by atoms with E-state index in [9.17, 15) is 0 Å². The number of nitrogens with zero attached hydrogens (tertiary/aromatic N) is 1. The van der Waals surface area contributed by atoms with Crippen molar-refractivity contribution >= 4 is 0 Å². The van der Waals surface area contributed by atoms with Crippen molar-refractivity contribution in [2.24, 2.45) is 5.41 Å². The normalized spacial score (nSPS) is 12.1. The van der Waals surface area contributed by atoms with Crippen LogP contribution in [0.15, 0.2) is 12.7 Å². The van der Waals surface area contributed by atoms with Crippen LogP contribution in [0.1, 0.15) is 13.8 Å². The van der Waals surface area contributed by atoms with E-state index in [1.54, 1.807) is 0 Å². The average molecular weight is 127 g/mol. The van der Waals surface area contributed by atoms with Gasteiger partial charge in [-0.25, -0.2) is 0 Å². The molecule has 1 heteroatoms. The quantitative estimate of drug-likeness (QED) is 0.522. The third kappa shape index (κ3) is 4.22. The standard InChI is InChI=1S/C8H17N/c1-6-8(2,3)7-9(4)5/h6H,1,7H2,2-5H3. The van der Waals surface area contributed by atoms with Crippen molar-refractivity contribution in [2.75, 3.05) is 20.6 Å². The zero-order chi connectivity index (χ0) is 7.49. The fourth-order valence-corrected chi connectivity index (χ4v) is 0.880. The Morgan fingerprint density at radius 3 is 2.00 bits per heavy atom. The van der Waals surface area contributed by atoms with Gasteiger partial charge in [0, 0.05) is 6.54 Å². The van der Waals surface area contributed by atoms with Crippen LogP contribution in [0, 0.1) is 5.41 Å². The predicted molar refractivity (Wildman–Crippen MR) is 42.5 cm³/mol. The van der Waals surface area contributed by atoms with Gasteiger partial charge >= 0.3 is 0 Å². The molecular formula is C8H17N. The highest BCUT2D eigenvalue weighted by atomic mass is 15.1. The molecule has 0 aliphatic carbocycles. The van der Waals surface area contributed by atoms with E-state index in [0.29, 0.717) is 0 Å². The number of rotatable bonds is 3. The number of hydrogen-bond donors (Lipinski definition) is 0. The molecule has 0 bridgehead atoms. The molecule has 1 nitrogen and oxygen atoms in total. The molecule has 0 atom stereocenters. The third-order valence-corrected chi connectivity index (χ3v) is 1.28. The Balaban J connectivity index is 3.71. The van der Waals surface area contributed by atoms with Gasteiger partial charge in [0.1, 0.15) is 0 Å². The first-order chi connectivity index (χ1) is 3.98. The molecule has 0 saturated carbocycles. The van der Waals surface area contributed by atoms with Crippen LogP contribution in [0.25, 0.3) is 0 Å². The lowest BCUT2D eigenvalue weighted by molar-refractivity contribution is 0.293. The molecule has 0 N–H and O–H groups in total. The van der Waals surface area contributed by atoms with Crippen molar-refractivity contribution in [3.8, 4) is 0 Å². The summed E-state index contributed by atoms with van der Waals surface area (Å²) in [7, 11) is 4.15. The van der Waals surface area contributed by atoms with Gasteiger partial charge in [0.25, 0.3) is 0 Å². The van der Waals surface area contributed by atoms with Gasteiger partial charge in [-0.2, -0.15) is 0 Å². The molecule has 0 heterocycles. The van der Waals surface area contributed by atoms with Gasteiger partial charge in [0.15, 0.2) is 0 Å². The van der Waals surface area contributed by atoms with Gasteiger partial charge in [0.05, 0.1) is 0 Å². The summed E-state index contributed by atoms with van der Waals surface area (Å²) in [5.74, 6) is 0. The topological polar surface area (TPSA) is 3.24 Å². The molecule has 0 amide bonds. The molecule has 0 aromatic rings. The lowest BCUT2D eigenvalue weighted by atomic mass is 9.94. The highest BCUT2D eigenvalue weighted by Crippen LogP contribution is 2.15. The van der Waals surface area contributed by atoms with E-state index in [-0.39, 0.29) is 5.41 Å². The first-order valence-electron chi connectivity index (χ1n) is 3.26. The van der Waals surface area contributed by atoms with E-state index in [0.717, 1.165) is 6.54 Å². The first-order valence-corrected chi connectivity index (χ1v) is 3.26. The smallest absolute Gasteiger partial charge is 0.00611 e. The largest absolute Gasteiger partial charge is 0.309 e. The van der Waals surface area contributed by atoms with E-state index in [1.807, 2.05) is 6.08 Å². The lowest BCUT2D eigenvalue weighted by Crippen LogP contribution is -2.26. The van der Waals surface area contributed by atoms with Crippen molar-refractivity contribution < 1.29 is 0 Å². The van der Waals surface area contributed by atoms with Crippen LogP contribution < -0.4 is 0 Å². The summed E-state index contributed by atoms with van der Waals surface area (Å²) in [6, 6.07) is 0. The summed E-state index contributed by atoms with van der Waals surface area (Å²) < 4.78 is 0. The minimum Gasteiger partial charge on any atom is -0.309 e. The first kappa shape index (κ1) is 8.70. The predicted octanol–water partition coefficient (Wildman–Crippen LogP) is 1.76. The number of hydrogen-bond acceptors (Lipinski definition) is 1. The Morgan fingerprint density at radius 1 is 1.44 bits per heavy atom. The monoisotopic (exact) mass is 127 g/mol. The summed E-state index contributed by atoms with van der Waals surface area (Å²) in [5.41, 5.74) is 0.253. The molecule has 0 unspecified atom stereocenters. The Bertz CT molecular complexity index is 92.7. The maximum Gasteiger partial charge on any atom is 0.00611 e. The molecule has 9 heavy (non-hydrogen) atoms. The Kier molecular flexibility index (Phi) is 2.92. The van der Waals surface area contributed by atoms with Crippen molar-refractivity contribution in [1.82, 2.24) is 4.90 Å². The fourth-order valence-electron chi connectivity index (χ4n) is 0.880. The van der Waals surface area contributed by atoms with E-state index < -0.39 is 0 Å². The minimum absolute atomic E-state index is 0.253. The molecule has 0 spiro atoms. The SMILES string of the molecule is C=CC(C)(C)CN(C)C. The maximum absolute atomic E-state index is 3.76. The Morgan fingerprint density at radius 2 is 1.89 bits per heavy atom. The van der Waals surface area contributed by atoms with E-state index in [1.165, 1.54) is 0 Å². The van der Waals surface area contributed by atoms with Gasteiger partial charge in [-0.3, -0.25) is 0 Å². The van der Waals surface area contributed by atoms with Crippen LogP contribution in [0.2, 0.25) is 0 Å². The van der Waals surface area contributed by atoms with Gasteiger partial charge in [-0.1, -0.05) is 19.9 Å². The molecule has 0 aromatic heterocycles. The van der Waals surface area contributed by atoms with Crippen LogP contribution in [0.3, 0.4) is 0 Å². The average Bonchev–Trinajstić information content (AvgIpc) is 1.63. The molecule has 0 rings (SSSR count). The second-order valence-corrected chi connectivity index (χ2v) is 3.43. The van der Waals surface area contributed by atoms with Crippen LogP contribution in [-0.4, -0.2) is 25.5 Å². The highest BCUT2D eigenvalue weighted by Gasteiger charge is 2.12. The third-order valence-electron chi connectivity index (χ3n) is 1.28. The van der Waals surface area contributed by atoms with E-state index in [4.69, 9.17) is 0 Å². The van der Waals surface area contributed by atoms with Gasteiger partial charge < -0.3 is 4.90 Å². The zero-order valence-electron chi connectivity index (χ0n) is 6.94. The Labute approximate surface area is 58.4 Å². The highest BCUT2D eigenvalue weighted by molar-refractivity contribution is 4.88. The summed E-state index contributed by atoms with van der Waals surface area (Å²) in [4.78, 5) is 2.17. The molecular weight excluding hydrogens is 110 g/mol. The minimum atomic E-state index is 0.253. The molecule has 0 aromatic carbocycles. The van der Waals surface area contributed by atoms with Gasteiger partial charge in [-0.15, -0.1) is 6.58 Å². The lowest BCUT2D eigenvalue weighted by Gasteiger charge is -2.23. The van der Waals surface area contributed by atoms with Crippen LogP contribution >= 0.6 is 0 Å². The fraction of sp³-hybridized carbons (Fsp3) is 0.750. The van der Waals surface area contributed by atoms with Crippen LogP contribution in [0.4, 0.5) is 0 Å². The molecule has 0 fully saturated rings. The second kappa shape index (κ2) is 3.02. The van der Waals surface area contributed by atoms with Crippen molar-refractivity contribution in [1.29, 1.82) is 0 Å². The molecule has 0 aliphatic heterocycles. The van der Waals surface area contributed by atoms with Crippen LogP contribution in [-0.2, 0) is 0 Å². The molecule has 54 valence electrons. The van der Waals surface area contributed by atoms with Gasteiger partial charge in [0.2, 0.25) is 0 Å². The zero-order valence-corrected chi connectivity index (χ0v) is 6.94. The van der Waals surface area contributed by atoms with E-state index >= 15 is 0 Å². The molecule has 0 radical (unpaired) electrons. The van der Waals surface area contributed by atoms with Crippen LogP contribution in [0.5, 0.6) is 0 Å². The summed E-state index contributed by atoms with van der Waals surface area (Å²) in [5, 5.41) is 0.